The van der Waals surface area contributed by atoms with Gasteiger partial charge in [0.05, 0.1) is 5.56 Å². The van der Waals surface area contributed by atoms with Crippen LogP contribution in [0.15, 0.2) is 42.5 Å². The van der Waals surface area contributed by atoms with E-state index >= 15 is 0 Å². The van der Waals surface area contributed by atoms with Crippen LogP contribution in [0.5, 0.6) is 5.75 Å². The second kappa shape index (κ2) is 7.37. The van der Waals surface area contributed by atoms with Crippen LogP contribution in [0.2, 0.25) is 0 Å². The summed E-state index contributed by atoms with van der Waals surface area (Å²) in [4.78, 5) is 13.2. The number of rotatable bonds is 5. The Morgan fingerprint density at radius 2 is 2.00 bits per heavy atom. The van der Waals surface area contributed by atoms with E-state index in [0.717, 1.165) is 27.6 Å². The third-order valence-corrected chi connectivity index (χ3v) is 5.08. The summed E-state index contributed by atoms with van der Waals surface area (Å²) in [5, 5.41) is 14.9. The van der Waals surface area contributed by atoms with E-state index in [0.29, 0.717) is 16.3 Å². The SMILES string of the molecule is CCc1c(C)sc(NC(=O)COc2ccc3ccccc3c2)c1C#N. The molecule has 1 aromatic heterocycles. The lowest BCUT2D eigenvalue weighted by Gasteiger charge is -2.08. The maximum Gasteiger partial charge on any atom is 0.262 e. The van der Waals surface area contributed by atoms with Crippen LogP contribution >= 0.6 is 11.3 Å². The molecule has 0 aliphatic rings. The Labute approximate surface area is 150 Å². The number of benzene rings is 2. The van der Waals surface area contributed by atoms with E-state index in [-0.39, 0.29) is 12.5 Å². The molecule has 1 heterocycles. The Kier molecular flexibility index (Phi) is 5.01. The third kappa shape index (κ3) is 3.65. The minimum Gasteiger partial charge on any atom is -0.484 e. The van der Waals surface area contributed by atoms with Crippen molar-refractivity contribution in [2.45, 2.75) is 20.3 Å². The first-order chi connectivity index (χ1) is 12.1. The van der Waals surface area contributed by atoms with Crippen LogP contribution < -0.4 is 10.1 Å². The van der Waals surface area contributed by atoms with Crippen LogP contribution in [-0.2, 0) is 11.2 Å². The Balaban J connectivity index is 1.67. The van der Waals surface area contributed by atoms with E-state index in [1.54, 1.807) is 0 Å². The summed E-state index contributed by atoms with van der Waals surface area (Å²) < 4.78 is 5.59. The normalized spacial score (nSPS) is 10.4. The molecule has 3 rings (SSSR count). The molecule has 0 aliphatic heterocycles. The number of thiophene rings is 1. The van der Waals surface area contributed by atoms with Crippen molar-refractivity contribution in [1.82, 2.24) is 0 Å². The number of nitrogens with one attached hydrogen (secondary N) is 1. The number of hydrogen-bond donors (Lipinski definition) is 1. The van der Waals surface area contributed by atoms with Crippen LogP contribution in [0.3, 0.4) is 0 Å². The van der Waals surface area contributed by atoms with Gasteiger partial charge in [0.15, 0.2) is 6.61 Å². The van der Waals surface area contributed by atoms with Crippen molar-refractivity contribution < 1.29 is 9.53 Å². The number of anilines is 1. The molecule has 1 amide bonds. The molecule has 4 nitrogen and oxygen atoms in total. The van der Waals surface area contributed by atoms with Gasteiger partial charge in [0.1, 0.15) is 16.8 Å². The van der Waals surface area contributed by atoms with Crippen molar-refractivity contribution >= 4 is 33.0 Å². The van der Waals surface area contributed by atoms with Crippen LogP contribution in [0.25, 0.3) is 10.8 Å². The molecule has 0 spiro atoms. The minimum atomic E-state index is -0.270. The fourth-order valence-electron chi connectivity index (χ4n) is 2.78. The van der Waals surface area contributed by atoms with Crippen LogP contribution in [-0.4, -0.2) is 12.5 Å². The fourth-order valence-corrected chi connectivity index (χ4v) is 3.89. The first-order valence-corrected chi connectivity index (χ1v) is 8.87. The van der Waals surface area contributed by atoms with Crippen molar-refractivity contribution in [1.29, 1.82) is 5.26 Å². The molecule has 0 unspecified atom stereocenters. The number of hydrogen-bond acceptors (Lipinski definition) is 4. The number of amides is 1. The summed E-state index contributed by atoms with van der Waals surface area (Å²) in [7, 11) is 0. The van der Waals surface area contributed by atoms with Crippen LogP contribution in [0.1, 0.15) is 22.9 Å². The highest BCUT2D eigenvalue weighted by atomic mass is 32.1. The van der Waals surface area contributed by atoms with Crippen molar-refractivity contribution in [3.8, 4) is 11.8 Å². The van der Waals surface area contributed by atoms with E-state index < -0.39 is 0 Å². The summed E-state index contributed by atoms with van der Waals surface area (Å²) in [5.41, 5.74) is 1.56. The molecule has 1 N–H and O–H groups in total. The summed E-state index contributed by atoms with van der Waals surface area (Å²) in [5.74, 6) is 0.375. The average Bonchev–Trinajstić information content (AvgIpc) is 2.93. The Hall–Kier alpha value is -2.84. The molecule has 0 saturated carbocycles. The lowest BCUT2D eigenvalue weighted by atomic mass is 10.1. The zero-order chi connectivity index (χ0) is 17.8. The van der Waals surface area contributed by atoms with Gasteiger partial charge in [0.2, 0.25) is 0 Å². The van der Waals surface area contributed by atoms with Crippen LogP contribution in [0, 0.1) is 18.3 Å². The lowest BCUT2D eigenvalue weighted by molar-refractivity contribution is -0.118. The molecule has 0 aliphatic carbocycles. The third-order valence-electron chi connectivity index (χ3n) is 4.02. The van der Waals surface area contributed by atoms with E-state index in [1.165, 1.54) is 11.3 Å². The summed E-state index contributed by atoms with van der Waals surface area (Å²) in [6.07, 6.45) is 0.773. The maximum absolute atomic E-state index is 12.2. The average molecular weight is 350 g/mol. The summed E-state index contributed by atoms with van der Waals surface area (Å²) in [6, 6.07) is 15.9. The molecule has 0 bridgehead atoms. The largest absolute Gasteiger partial charge is 0.484 e. The van der Waals surface area contributed by atoms with Gasteiger partial charge in [-0.1, -0.05) is 37.3 Å². The van der Waals surface area contributed by atoms with Gasteiger partial charge in [0, 0.05) is 4.88 Å². The first kappa shape index (κ1) is 17.0. The minimum absolute atomic E-state index is 0.0956. The van der Waals surface area contributed by atoms with Crippen molar-refractivity contribution in [3.05, 3.63) is 58.5 Å². The summed E-state index contributed by atoms with van der Waals surface area (Å²) >= 11 is 1.43. The molecule has 3 aromatic rings. The summed E-state index contributed by atoms with van der Waals surface area (Å²) in [6.45, 7) is 3.87. The highest BCUT2D eigenvalue weighted by molar-refractivity contribution is 7.16. The van der Waals surface area contributed by atoms with Crippen molar-refractivity contribution in [2.75, 3.05) is 11.9 Å². The van der Waals surface area contributed by atoms with Gasteiger partial charge < -0.3 is 10.1 Å². The molecule has 0 saturated heterocycles. The fraction of sp³-hybridized carbons (Fsp3) is 0.200. The number of aryl methyl sites for hydroxylation is 1. The second-order valence-corrected chi connectivity index (χ2v) is 6.88. The molecule has 25 heavy (non-hydrogen) atoms. The van der Waals surface area contributed by atoms with Gasteiger partial charge >= 0.3 is 0 Å². The zero-order valence-corrected chi connectivity index (χ0v) is 14.9. The lowest BCUT2D eigenvalue weighted by Crippen LogP contribution is -2.20. The predicted molar refractivity (Wildman–Crippen MR) is 101 cm³/mol. The molecule has 2 aromatic carbocycles. The van der Waals surface area contributed by atoms with Crippen molar-refractivity contribution in [3.63, 3.8) is 0 Å². The van der Waals surface area contributed by atoms with Gasteiger partial charge in [-0.15, -0.1) is 11.3 Å². The van der Waals surface area contributed by atoms with Gasteiger partial charge in [-0.25, -0.2) is 0 Å². The molecular formula is C20H18N2O2S. The van der Waals surface area contributed by atoms with Gasteiger partial charge in [-0.05, 0) is 41.8 Å². The Morgan fingerprint density at radius 1 is 1.24 bits per heavy atom. The molecule has 0 fully saturated rings. The number of carbonyl (C=O) groups excluding carboxylic acids is 1. The van der Waals surface area contributed by atoms with E-state index in [4.69, 9.17) is 4.74 Å². The number of ether oxygens (including phenoxy) is 1. The second-order valence-electron chi connectivity index (χ2n) is 5.65. The number of nitrogens with zero attached hydrogens (tertiary/aromatic N) is 1. The van der Waals surface area contributed by atoms with E-state index in [1.807, 2.05) is 56.3 Å². The number of carbonyl (C=O) groups is 1. The first-order valence-electron chi connectivity index (χ1n) is 8.06. The molecular weight excluding hydrogens is 332 g/mol. The highest BCUT2D eigenvalue weighted by Gasteiger charge is 2.16. The van der Waals surface area contributed by atoms with E-state index in [9.17, 15) is 10.1 Å². The van der Waals surface area contributed by atoms with E-state index in [2.05, 4.69) is 11.4 Å². The monoisotopic (exact) mass is 350 g/mol. The van der Waals surface area contributed by atoms with Crippen molar-refractivity contribution in [2.24, 2.45) is 0 Å². The quantitative estimate of drug-likeness (QED) is 0.728. The molecule has 0 atom stereocenters. The highest BCUT2D eigenvalue weighted by Crippen LogP contribution is 2.32. The van der Waals surface area contributed by atoms with Crippen LogP contribution in [0.4, 0.5) is 5.00 Å². The van der Waals surface area contributed by atoms with Gasteiger partial charge in [-0.2, -0.15) is 5.26 Å². The molecule has 0 radical (unpaired) electrons. The Morgan fingerprint density at radius 3 is 2.72 bits per heavy atom. The van der Waals surface area contributed by atoms with Gasteiger partial charge in [-0.3, -0.25) is 4.79 Å². The predicted octanol–water partition coefficient (Wildman–Crippen LogP) is 4.66. The molecule has 5 heteroatoms. The maximum atomic E-state index is 12.2. The molecule has 126 valence electrons. The topological polar surface area (TPSA) is 62.1 Å². The van der Waals surface area contributed by atoms with Gasteiger partial charge in [0.25, 0.3) is 5.91 Å². The standard InChI is InChI=1S/C20H18N2O2S/c1-3-17-13(2)25-20(18(17)11-21)22-19(23)12-24-16-9-8-14-6-4-5-7-15(14)10-16/h4-10H,3,12H2,1-2H3,(H,22,23). The number of fused-ring (bicyclic) bond motifs is 1. The number of nitriles is 1. The smallest absolute Gasteiger partial charge is 0.262 e. The zero-order valence-electron chi connectivity index (χ0n) is 14.1. The Bertz CT molecular complexity index is 969.